The van der Waals surface area contributed by atoms with Gasteiger partial charge in [-0.05, 0) is 62.4 Å². The van der Waals surface area contributed by atoms with E-state index in [1.54, 1.807) is 24.5 Å². The molecule has 1 saturated heterocycles. The SMILES string of the molecule is CCOc1ncccc1C(=O)N1CCCCC1c1nc(N(C)C)ncc1-c1ccncc1C. The van der Waals surface area contributed by atoms with Gasteiger partial charge in [-0.2, -0.15) is 0 Å². The van der Waals surface area contributed by atoms with Gasteiger partial charge < -0.3 is 14.5 Å². The summed E-state index contributed by atoms with van der Waals surface area (Å²) in [4.78, 5) is 35.6. The molecule has 8 heteroatoms. The number of carbonyl (C=O) groups is 1. The molecule has 1 aliphatic rings. The second-order valence-corrected chi connectivity index (χ2v) is 8.35. The van der Waals surface area contributed by atoms with Crippen LogP contribution in [-0.4, -0.2) is 58.0 Å². The van der Waals surface area contributed by atoms with Crippen LogP contribution in [0.25, 0.3) is 11.1 Å². The fourth-order valence-corrected chi connectivity index (χ4v) is 4.26. The highest BCUT2D eigenvalue weighted by molar-refractivity contribution is 5.96. The highest BCUT2D eigenvalue weighted by Gasteiger charge is 2.33. The average molecular weight is 447 g/mol. The van der Waals surface area contributed by atoms with Gasteiger partial charge in [0.25, 0.3) is 5.91 Å². The molecule has 172 valence electrons. The maximum Gasteiger partial charge on any atom is 0.259 e. The lowest BCUT2D eigenvalue weighted by molar-refractivity contribution is 0.0601. The van der Waals surface area contributed by atoms with Crippen molar-refractivity contribution in [2.45, 2.75) is 39.2 Å². The normalized spacial score (nSPS) is 15.9. The van der Waals surface area contributed by atoms with Crippen LogP contribution >= 0.6 is 0 Å². The standard InChI is InChI=1S/C25H30N6O2/c1-5-33-23-19(9-8-12-27-23)24(32)31-14-7-6-10-21(31)22-20(16-28-25(29-22)30(3)4)18-11-13-26-15-17(18)2/h8-9,11-13,15-16,21H,5-7,10,14H2,1-4H3. The van der Waals surface area contributed by atoms with Crippen molar-refractivity contribution in [1.82, 2.24) is 24.8 Å². The molecule has 1 aliphatic heterocycles. The number of aromatic nitrogens is 4. The molecule has 1 fully saturated rings. The van der Waals surface area contributed by atoms with E-state index in [0.29, 0.717) is 30.5 Å². The largest absolute Gasteiger partial charge is 0.477 e. The zero-order chi connectivity index (χ0) is 23.4. The van der Waals surface area contributed by atoms with Crippen LogP contribution in [0.2, 0.25) is 0 Å². The smallest absolute Gasteiger partial charge is 0.259 e. The van der Waals surface area contributed by atoms with Crippen molar-refractivity contribution in [3.8, 4) is 17.0 Å². The van der Waals surface area contributed by atoms with Crippen LogP contribution in [0.4, 0.5) is 5.95 Å². The molecule has 0 spiro atoms. The molecule has 3 aromatic rings. The minimum absolute atomic E-state index is 0.0846. The fourth-order valence-electron chi connectivity index (χ4n) is 4.26. The molecule has 0 aliphatic carbocycles. The Bertz CT molecular complexity index is 1130. The predicted octanol–water partition coefficient (Wildman–Crippen LogP) is 4.07. The monoisotopic (exact) mass is 446 g/mol. The number of hydrogen-bond acceptors (Lipinski definition) is 7. The van der Waals surface area contributed by atoms with E-state index in [0.717, 1.165) is 41.6 Å². The number of aryl methyl sites for hydroxylation is 1. The lowest BCUT2D eigenvalue weighted by Gasteiger charge is -2.36. The van der Waals surface area contributed by atoms with Crippen molar-refractivity contribution in [3.63, 3.8) is 0 Å². The molecule has 3 aromatic heterocycles. The van der Waals surface area contributed by atoms with Gasteiger partial charge in [0.15, 0.2) is 0 Å². The molecule has 1 atom stereocenters. The third-order valence-electron chi connectivity index (χ3n) is 5.88. The summed E-state index contributed by atoms with van der Waals surface area (Å²) < 4.78 is 5.65. The van der Waals surface area contributed by atoms with Crippen LogP contribution in [0.3, 0.4) is 0 Å². The molecule has 1 amide bonds. The van der Waals surface area contributed by atoms with Crippen molar-refractivity contribution < 1.29 is 9.53 Å². The molecule has 4 heterocycles. The topological polar surface area (TPSA) is 84.3 Å². The number of rotatable bonds is 6. The summed E-state index contributed by atoms with van der Waals surface area (Å²) in [6.07, 6.45) is 9.93. The van der Waals surface area contributed by atoms with Gasteiger partial charge in [0, 0.05) is 51.0 Å². The van der Waals surface area contributed by atoms with E-state index >= 15 is 0 Å². The highest BCUT2D eigenvalue weighted by Crippen LogP contribution is 2.38. The number of amides is 1. The van der Waals surface area contributed by atoms with Crippen LogP contribution in [0.15, 0.2) is 43.0 Å². The summed E-state index contributed by atoms with van der Waals surface area (Å²) in [5.74, 6) is 0.907. The lowest BCUT2D eigenvalue weighted by Crippen LogP contribution is -2.39. The third-order valence-corrected chi connectivity index (χ3v) is 5.88. The van der Waals surface area contributed by atoms with Crippen LogP contribution in [0.1, 0.15) is 53.8 Å². The van der Waals surface area contributed by atoms with Crippen molar-refractivity contribution in [2.24, 2.45) is 0 Å². The summed E-state index contributed by atoms with van der Waals surface area (Å²) in [7, 11) is 3.84. The second-order valence-electron chi connectivity index (χ2n) is 8.35. The van der Waals surface area contributed by atoms with E-state index in [-0.39, 0.29) is 11.9 Å². The Hall–Kier alpha value is -3.55. The Morgan fingerprint density at radius 3 is 2.76 bits per heavy atom. The van der Waals surface area contributed by atoms with Gasteiger partial charge in [0.2, 0.25) is 11.8 Å². The first kappa shape index (κ1) is 22.6. The molecular formula is C25H30N6O2. The molecule has 8 nitrogen and oxygen atoms in total. The van der Waals surface area contributed by atoms with Gasteiger partial charge in [-0.1, -0.05) is 0 Å². The summed E-state index contributed by atoms with van der Waals surface area (Å²) >= 11 is 0. The third kappa shape index (κ3) is 4.65. The minimum Gasteiger partial charge on any atom is -0.477 e. The summed E-state index contributed by atoms with van der Waals surface area (Å²) in [6, 6.07) is 5.36. The lowest BCUT2D eigenvalue weighted by atomic mass is 9.92. The first-order chi connectivity index (χ1) is 16.0. The van der Waals surface area contributed by atoms with Gasteiger partial charge in [0.1, 0.15) is 5.56 Å². The zero-order valence-electron chi connectivity index (χ0n) is 19.7. The van der Waals surface area contributed by atoms with Gasteiger partial charge in [-0.3, -0.25) is 9.78 Å². The van der Waals surface area contributed by atoms with Crippen LogP contribution in [0, 0.1) is 6.92 Å². The Morgan fingerprint density at radius 2 is 2.00 bits per heavy atom. The molecule has 0 bridgehead atoms. The molecule has 0 radical (unpaired) electrons. The summed E-state index contributed by atoms with van der Waals surface area (Å²) in [5, 5.41) is 0. The number of nitrogens with zero attached hydrogens (tertiary/aromatic N) is 6. The van der Waals surface area contributed by atoms with Crippen molar-refractivity contribution in [2.75, 3.05) is 32.1 Å². The van der Waals surface area contributed by atoms with E-state index in [2.05, 4.69) is 15.0 Å². The quantitative estimate of drug-likeness (QED) is 0.564. The molecule has 0 aromatic carbocycles. The molecule has 4 rings (SSSR count). The maximum atomic E-state index is 13.8. The molecule has 0 N–H and O–H groups in total. The second kappa shape index (κ2) is 9.94. The fraction of sp³-hybridized carbons (Fsp3) is 0.400. The van der Waals surface area contributed by atoms with Gasteiger partial charge in [-0.15, -0.1) is 0 Å². The zero-order valence-corrected chi connectivity index (χ0v) is 19.7. The van der Waals surface area contributed by atoms with Crippen LogP contribution < -0.4 is 9.64 Å². The highest BCUT2D eigenvalue weighted by atomic mass is 16.5. The minimum atomic E-state index is -0.176. The van der Waals surface area contributed by atoms with Crippen molar-refractivity contribution in [1.29, 1.82) is 0 Å². The Balaban J connectivity index is 1.82. The molecular weight excluding hydrogens is 416 g/mol. The number of anilines is 1. The van der Waals surface area contributed by atoms with E-state index in [1.807, 2.05) is 56.2 Å². The number of hydrogen-bond donors (Lipinski definition) is 0. The van der Waals surface area contributed by atoms with Crippen molar-refractivity contribution >= 4 is 11.9 Å². The van der Waals surface area contributed by atoms with Gasteiger partial charge >= 0.3 is 0 Å². The van der Waals surface area contributed by atoms with Gasteiger partial charge in [-0.25, -0.2) is 15.0 Å². The van der Waals surface area contributed by atoms with E-state index < -0.39 is 0 Å². The first-order valence-corrected chi connectivity index (χ1v) is 11.3. The van der Waals surface area contributed by atoms with E-state index in [1.165, 1.54) is 0 Å². The maximum absolute atomic E-state index is 13.8. The predicted molar refractivity (Wildman–Crippen MR) is 127 cm³/mol. The molecule has 33 heavy (non-hydrogen) atoms. The Kier molecular flexibility index (Phi) is 6.82. The molecule has 1 unspecified atom stereocenters. The summed E-state index contributed by atoms with van der Waals surface area (Å²) in [6.45, 7) is 5.02. The number of carbonyl (C=O) groups excluding carboxylic acids is 1. The number of ether oxygens (including phenoxy) is 1. The molecule has 0 saturated carbocycles. The van der Waals surface area contributed by atoms with Crippen LogP contribution in [0.5, 0.6) is 5.88 Å². The Labute approximate surface area is 194 Å². The summed E-state index contributed by atoms with van der Waals surface area (Å²) in [5.41, 5.74) is 4.34. The average Bonchev–Trinajstić information content (AvgIpc) is 2.84. The number of likely N-dealkylation sites (tertiary alicyclic amines) is 1. The number of piperidine rings is 1. The van der Waals surface area contributed by atoms with Crippen LogP contribution in [-0.2, 0) is 0 Å². The van der Waals surface area contributed by atoms with Gasteiger partial charge in [0.05, 0.1) is 18.3 Å². The first-order valence-electron chi connectivity index (χ1n) is 11.3. The number of pyridine rings is 2. The van der Waals surface area contributed by atoms with Crippen molar-refractivity contribution in [3.05, 3.63) is 59.8 Å². The van der Waals surface area contributed by atoms with E-state index in [4.69, 9.17) is 9.72 Å². The van der Waals surface area contributed by atoms with E-state index in [9.17, 15) is 4.79 Å². The Morgan fingerprint density at radius 1 is 1.15 bits per heavy atom.